The Hall–Kier alpha value is -0.720. The molecule has 0 aromatic carbocycles. The second-order valence-corrected chi connectivity index (χ2v) is 3.48. The highest BCUT2D eigenvalue weighted by atomic mass is 16.5. The van der Waals surface area contributed by atoms with E-state index in [0.717, 1.165) is 19.4 Å². The van der Waals surface area contributed by atoms with Crippen molar-refractivity contribution in [2.24, 2.45) is 5.41 Å². The lowest BCUT2D eigenvalue weighted by Crippen LogP contribution is -2.20. The van der Waals surface area contributed by atoms with E-state index in [0.29, 0.717) is 5.76 Å². The van der Waals surface area contributed by atoms with Gasteiger partial charge in [-0.05, 0) is 18.9 Å². The zero-order valence-electron chi connectivity index (χ0n) is 8.52. The molecule has 1 heteroatoms. The Morgan fingerprint density at radius 2 is 1.92 bits per heavy atom. The van der Waals surface area contributed by atoms with Crippen LogP contribution in [0.5, 0.6) is 0 Å². The molecule has 0 aliphatic heterocycles. The largest absolute Gasteiger partial charge is 0.494 e. The Kier molecular flexibility index (Phi) is 4.72. The van der Waals surface area contributed by atoms with Gasteiger partial charge in [-0.25, -0.2) is 0 Å². The van der Waals surface area contributed by atoms with Crippen LogP contribution in [0.4, 0.5) is 0 Å². The number of hydrogen-bond donors (Lipinski definition) is 0. The normalized spacial score (nSPS) is 10.9. The summed E-state index contributed by atoms with van der Waals surface area (Å²) in [5, 5.41) is 0. The first-order chi connectivity index (χ1) is 5.58. The van der Waals surface area contributed by atoms with E-state index in [1.165, 1.54) is 0 Å². The molecule has 70 valence electrons. The van der Waals surface area contributed by atoms with Gasteiger partial charge in [0.05, 0.1) is 6.61 Å². The molecule has 0 rings (SSSR count). The summed E-state index contributed by atoms with van der Waals surface area (Å²) in [7, 11) is 0. The van der Waals surface area contributed by atoms with Crippen molar-refractivity contribution in [1.82, 2.24) is 0 Å². The van der Waals surface area contributed by atoms with Gasteiger partial charge < -0.3 is 4.74 Å². The van der Waals surface area contributed by atoms with Crippen molar-refractivity contribution in [3.8, 4) is 0 Å². The molecule has 0 aromatic rings. The lowest BCUT2D eigenvalue weighted by Gasteiger charge is -2.26. The highest BCUT2D eigenvalue weighted by Gasteiger charge is 2.20. The average molecular weight is 168 g/mol. The van der Waals surface area contributed by atoms with Crippen LogP contribution in [0.25, 0.3) is 0 Å². The molecule has 12 heavy (non-hydrogen) atoms. The molecule has 0 saturated carbocycles. The summed E-state index contributed by atoms with van der Waals surface area (Å²) in [6.07, 6.45) is 3.91. The molecular formula is C11H20O. The Labute approximate surface area is 76.1 Å². The molecule has 1 nitrogen and oxygen atoms in total. The van der Waals surface area contributed by atoms with E-state index >= 15 is 0 Å². The summed E-state index contributed by atoms with van der Waals surface area (Å²) in [6.45, 7) is 14.6. The number of ether oxygens (including phenoxy) is 1. The van der Waals surface area contributed by atoms with Crippen LogP contribution in [0.15, 0.2) is 25.0 Å². The molecule has 0 saturated heterocycles. The monoisotopic (exact) mass is 168 g/mol. The summed E-state index contributed by atoms with van der Waals surface area (Å²) in [5.41, 5.74) is 0.284. The Morgan fingerprint density at radius 1 is 1.42 bits per heavy atom. The number of rotatable bonds is 6. The molecule has 0 atom stereocenters. The highest BCUT2D eigenvalue weighted by molar-refractivity contribution is 5.02. The van der Waals surface area contributed by atoms with Gasteiger partial charge in [0.25, 0.3) is 0 Å². The molecule has 0 amide bonds. The zero-order valence-corrected chi connectivity index (χ0v) is 8.52. The molecule has 0 aromatic heterocycles. The summed E-state index contributed by atoms with van der Waals surface area (Å²) in [6, 6.07) is 0. The zero-order chi connectivity index (χ0) is 9.61. The van der Waals surface area contributed by atoms with Crippen molar-refractivity contribution >= 4 is 0 Å². The van der Waals surface area contributed by atoms with E-state index in [9.17, 15) is 0 Å². The van der Waals surface area contributed by atoms with Crippen molar-refractivity contribution in [3.05, 3.63) is 25.0 Å². The van der Waals surface area contributed by atoms with Crippen LogP contribution in [0, 0.1) is 5.41 Å². The Bertz CT molecular complexity index is 154. The van der Waals surface area contributed by atoms with Crippen LogP contribution in [-0.2, 0) is 4.74 Å². The van der Waals surface area contributed by atoms with Crippen LogP contribution < -0.4 is 0 Å². The lowest BCUT2D eigenvalue weighted by molar-refractivity contribution is 0.103. The predicted molar refractivity (Wildman–Crippen MR) is 54.0 cm³/mol. The van der Waals surface area contributed by atoms with Crippen molar-refractivity contribution in [1.29, 1.82) is 0 Å². The van der Waals surface area contributed by atoms with E-state index in [1.54, 1.807) is 6.08 Å². The van der Waals surface area contributed by atoms with Crippen LogP contribution in [0.3, 0.4) is 0 Å². The summed E-state index contributed by atoms with van der Waals surface area (Å²) in [5.74, 6) is 0.670. The van der Waals surface area contributed by atoms with E-state index in [4.69, 9.17) is 4.74 Å². The quantitative estimate of drug-likeness (QED) is 0.435. The van der Waals surface area contributed by atoms with Crippen LogP contribution in [0.1, 0.15) is 33.6 Å². The Morgan fingerprint density at radius 3 is 2.25 bits per heavy atom. The first-order valence-corrected chi connectivity index (χ1v) is 4.52. The first-order valence-electron chi connectivity index (χ1n) is 4.52. The molecule has 0 N–H and O–H groups in total. The molecule has 0 radical (unpaired) electrons. The summed E-state index contributed by atoms with van der Waals surface area (Å²) < 4.78 is 5.43. The van der Waals surface area contributed by atoms with Gasteiger partial charge in [0.2, 0.25) is 0 Å². The molecule has 0 spiro atoms. The fraction of sp³-hybridized carbons (Fsp3) is 0.636. The standard InChI is InChI=1S/C11H20O/c1-6-10(4)12-9-11(5,7-2)8-3/h6H,1,4,7-9H2,2-3,5H3. The van der Waals surface area contributed by atoms with Gasteiger partial charge >= 0.3 is 0 Å². The molecule has 0 unspecified atom stereocenters. The van der Waals surface area contributed by atoms with Crippen molar-refractivity contribution in [2.75, 3.05) is 6.61 Å². The van der Waals surface area contributed by atoms with E-state index in [2.05, 4.69) is 33.9 Å². The summed E-state index contributed by atoms with van der Waals surface area (Å²) in [4.78, 5) is 0. The fourth-order valence-corrected chi connectivity index (χ4v) is 0.780. The van der Waals surface area contributed by atoms with Gasteiger partial charge in [0.15, 0.2) is 0 Å². The van der Waals surface area contributed by atoms with E-state index in [-0.39, 0.29) is 5.41 Å². The molecule has 0 fully saturated rings. The number of hydrogen-bond acceptors (Lipinski definition) is 1. The third kappa shape index (κ3) is 3.61. The minimum atomic E-state index is 0.284. The third-order valence-electron chi connectivity index (χ3n) is 2.54. The van der Waals surface area contributed by atoms with Gasteiger partial charge in [0.1, 0.15) is 5.76 Å². The Balaban J connectivity index is 3.88. The maximum absolute atomic E-state index is 5.43. The van der Waals surface area contributed by atoms with Gasteiger partial charge in [-0.2, -0.15) is 0 Å². The van der Waals surface area contributed by atoms with Crippen molar-refractivity contribution in [3.63, 3.8) is 0 Å². The van der Waals surface area contributed by atoms with E-state index < -0.39 is 0 Å². The fourth-order valence-electron chi connectivity index (χ4n) is 0.780. The number of allylic oxidation sites excluding steroid dienone is 1. The van der Waals surface area contributed by atoms with Gasteiger partial charge in [-0.15, -0.1) is 0 Å². The van der Waals surface area contributed by atoms with Crippen molar-refractivity contribution < 1.29 is 4.74 Å². The first kappa shape index (κ1) is 11.3. The SMILES string of the molecule is C=CC(=C)OCC(C)(CC)CC. The predicted octanol–water partition coefficient (Wildman–Crippen LogP) is 3.53. The summed E-state index contributed by atoms with van der Waals surface area (Å²) >= 11 is 0. The third-order valence-corrected chi connectivity index (χ3v) is 2.54. The molecule has 0 aliphatic rings. The second-order valence-electron chi connectivity index (χ2n) is 3.48. The molecule has 0 bridgehead atoms. The average Bonchev–Trinajstić information content (AvgIpc) is 2.13. The van der Waals surface area contributed by atoms with Gasteiger partial charge in [-0.3, -0.25) is 0 Å². The minimum absolute atomic E-state index is 0.284. The van der Waals surface area contributed by atoms with E-state index in [1.807, 2.05) is 0 Å². The maximum Gasteiger partial charge on any atom is 0.111 e. The molecular weight excluding hydrogens is 148 g/mol. The topological polar surface area (TPSA) is 9.23 Å². The van der Waals surface area contributed by atoms with Crippen LogP contribution in [0.2, 0.25) is 0 Å². The molecule has 0 aliphatic carbocycles. The van der Waals surface area contributed by atoms with Gasteiger partial charge in [0, 0.05) is 5.41 Å². The lowest BCUT2D eigenvalue weighted by atomic mass is 9.86. The minimum Gasteiger partial charge on any atom is -0.494 e. The molecule has 0 heterocycles. The second kappa shape index (κ2) is 5.02. The smallest absolute Gasteiger partial charge is 0.111 e. The van der Waals surface area contributed by atoms with Crippen LogP contribution in [-0.4, -0.2) is 6.61 Å². The van der Waals surface area contributed by atoms with Gasteiger partial charge in [-0.1, -0.05) is 33.9 Å². The van der Waals surface area contributed by atoms with Crippen molar-refractivity contribution in [2.45, 2.75) is 33.6 Å². The maximum atomic E-state index is 5.43. The van der Waals surface area contributed by atoms with Crippen LogP contribution >= 0.6 is 0 Å². The highest BCUT2D eigenvalue weighted by Crippen LogP contribution is 2.26.